The zero-order valence-electron chi connectivity index (χ0n) is 14.1. The van der Waals surface area contributed by atoms with E-state index in [2.05, 4.69) is 15.2 Å². The first-order valence-electron chi connectivity index (χ1n) is 8.10. The summed E-state index contributed by atoms with van der Waals surface area (Å²) in [6, 6.07) is 7.35. The maximum absolute atomic E-state index is 13.0. The normalized spacial score (nSPS) is 21.2. The van der Waals surface area contributed by atoms with Crippen molar-refractivity contribution in [1.82, 2.24) is 25.0 Å². The topological polar surface area (TPSA) is 85.3 Å². The van der Waals surface area contributed by atoms with Crippen molar-refractivity contribution in [2.45, 2.75) is 18.4 Å². The number of carbonyl (C=O) groups excluding carboxylic acids is 1. The molecular weight excluding hydrogens is 306 g/mol. The average Bonchev–Trinajstić information content (AvgIpc) is 3.07. The number of piperidine rings is 1. The SMILES string of the molecule is CN(C)C[C@@]1(O)CCCN(C(=O)c2ccccc2-c2ncn[nH]2)C1. The molecule has 1 aliphatic rings. The van der Waals surface area contributed by atoms with Crippen molar-refractivity contribution in [3.05, 3.63) is 36.2 Å². The maximum atomic E-state index is 13.0. The Kier molecular flexibility index (Phi) is 4.64. The lowest BCUT2D eigenvalue weighted by Gasteiger charge is -2.40. The summed E-state index contributed by atoms with van der Waals surface area (Å²) in [6.07, 6.45) is 2.92. The van der Waals surface area contributed by atoms with E-state index in [0.29, 0.717) is 37.4 Å². The molecule has 0 saturated carbocycles. The van der Waals surface area contributed by atoms with Crippen LogP contribution < -0.4 is 0 Å². The highest BCUT2D eigenvalue weighted by Crippen LogP contribution is 2.26. The summed E-state index contributed by atoms with van der Waals surface area (Å²) in [7, 11) is 3.86. The van der Waals surface area contributed by atoms with Crippen molar-refractivity contribution in [2.75, 3.05) is 33.7 Å². The number of nitrogens with zero attached hydrogens (tertiary/aromatic N) is 4. The number of aliphatic hydroxyl groups is 1. The highest BCUT2D eigenvalue weighted by molar-refractivity contribution is 6.00. The van der Waals surface area contributed by atoms with Crippen LogP contribution in [0.25, 0.3) is 11.4 Å². The van der Waals surface area contributed by atoms with Crippen molar-refractivity contribution in [2.24, 2.45) is 0 Å². The molecule has 0 spiro atoms. The van der Waals surface area contributed by atoms with Gasteiger partial charge in [0.25, 0.3) is 5.91 Å². The molecule has 0 bridgehead atoms. The molecule has 0 radical (unpaired) electrons. The Morgan fingerprint density at radius 1 is 1.42 bits per heavy atom. The molecule has 2 heterocycles. The number of β-amino-alcohol motifs (C(OH)–C–C–N with tert-alkyl or cyclic N) is 1. The zero-order chi connectivity index (χ0) is 17.2. The fourth-order valence-electron chi connectivity index (χ4n) is 3.39. The third-order valence-corrected chi connectivity index (χ3v) is 4.28. The predicted octanol–water partition coefficient (Wildman–Crippen LogP) is 1.00. The molecule has 7 nitrogen and oxygen atoms in total. The summed E-state index contributed by atoms with van der Waals surface area (Å²) >= 11 is 0. The van der Waals surface area contributed by atoms with E-state index in [1.165, 1.54) is 6.33 Å². The van der Waals surface area contributed by atoms with Gasteiger partial charge in [-0.25, -0.2) is 4.98 Å². The molecule has 2 N–H and O–H groups in total. The molecule has 24 heavy (non-hydrogen) atoms. The van der Waals surface area contributed by atoms with Gasteiger partial charge < -0.3 is 14.9 Å². The maximum Gasteiger partial charge on any atom is 0.254 e. The van der Waals surface area contributed by atoms with Crippen LogP contribution >= 0.6 is 0 Å². The lowest BCUT2D eigenvalue weighted by atomic mass is 9.91. The summed E-state index contributed by atoms with van der Waals surface area (Å²) in [5, 5.41) is 17.5. The molecule has 0 unspecified atom stereocenters. The van der Waals surface area contributed by atoms with E-state index in [-0.39, 0.29) is 5.91 Å². The van der Waals surface area contributed by atoms with Gasteiger partial charge in [0.1, 0.15) is 6.33 Å². The Morgan fingerprint density at radius 2 is 2.21 bits per heavy atom. The second kappa shape index (κ2) is 6.70. The lowest BCUT2D eigenvalue weighted by Crippen LogP contribution is -2.54. The third kappa shape index (κ3) is 3.47. The number of likely N-dealkylation sites (N-methyl/N-ethyl adjacent to an activating group) is 1. The summed E-state index contributed by atoms with van der Waals surface area (Å²) in [6.45, 7) is 1.54. The minimum absolute atomic E-state index is 0.0844. The first-order chi connectivity index (χ1) is 11.5. The molecule has 1 atom stereocenters. The number of hydrogen-bond donors (Lipinski definition) is 2. The molecule has 1 saturated heterocycles. The molecule has 2 aromatic rings. The zero-order valence-corrected chi connectivity index (χ0v) is 14.1. The summed E-state index contributed by atoms with van der Waals surface area (Å²) in [5.74, 6) is 0.485. The van der Waals surface area contributed by atoms with Gasteiger partial charge >= 0.3 is 0 Å². The van der Waals surface area contributed by atoms with Crippen LogP contribution in [-0.4, -0.2) is 75.3 Å². The highest BCUT2D eigenvalue weighted by Gasteiger charge is 2.36. The molecule has 1 aromatic heterocycles. The fourth-order valence-corrected chi connectivity index (χ4v) is 3.39. The van der Waals surface area contributed by atoms with Crippen LogP contribution in [0.3, 0.4) is 0 Å². The van der Waals surface area contributed by atoms with E-state index in [9.17, 15) is 9.90 Å². The van der Waals surface area contributed by atoms with Crippen LogP contribution in [0.15, 0.2) is 30.6 Å². The van der Waals surface area contributed by atoms with Gasteiger partial charge in [-0.3, -0.25) is 9.89 Å². The van der Waals surface area contributed by atoms with E-state index < -0.39 is 5.60 Å². The largest absolute Gasteiger partial charge is 0.387 e. The summed E-state index contributed by atoms with van der Waals surface area (Å²) in [5.41, 5.74) is 0.434. The van der Waals surface area contributed by atoms with Crippen molar-refractivity contribution in [3.8, 4) is 11.4 Å². The number of likely N-dealkylation sites (tertiary alicyclic amines) is 1. The van der Waals surface area contributed by atoms with Crippen molar-refractivity contribution < 1.29 is 9.90 Å². The first-order valence-corrected chi connectivity index (χ1v) is 8.10. The van der Waals surface area contributed by atoms with Crippen LogP contribution in [0.1, 0.15) is 23.2 Å². The highest BCUT2D eigenvalue weighted by atomic mass is 16.3. The van der Waals surface area contributed by atoms with Gasteiger partial charge in [-0.2, -0.15) is 5.10 Å². The van der Waals surface area contributed by atoms with Crippen LogP contribution in [0, 0.1) is 0 Å². The second-order valence-electron chi connectivity index (χ2n) is 6.67. The number of hydrogen-bond acceptors (Lipinski definition) is 5. The summed E-state index contributed by atoms with van der Waals surface area (Å²) in [4.78, 5) is 20.9. The minimum Gasteiger partial charge on any atom is -0.387 e. The van der Waals surface area contributed by atoms with E-state index in [0.717, 1.165) is 12.0 Å². The number of H-pyrrole nitrogens is 1. The smallest absolute Gasteiger partial charge is 0.254 e. The molecule has 1 fully saturated rings. The van der Waals surface area contributed by atoms with E-state index >= 15 is 0 Å². The second-order valence-corrected chi connectivity index (χ2v) is 6.67. The van der Waals surface area contributed by atoms with Crippen LogP contribution in [0.4, 0.5) is 0 Å². The number of amides is 1. The van der Waals surface area contributed by atoms with Crippen molar-refractivity contribution >= 4 is 5.91 Å². The van der Waals surface area contributed by atoms with Gasteiger partial charge in [-0.15, -0.1) is 0 Å². The Balaban J connectivity index is 1.85. The Hall–Kier alpha value is -2.25. The number of aromatic amines is 1. The van der Waals surface area contributed by atoms with E-state index in [1.807, 2.05) is 37.2 Å². The Bertz CT molecular complexity index is 701. The summed E-state index contributed by atoms with van der Waals surface area (Å²) < 4.78 is 0. The van der Waals surface area contributed by atoms with Gasteiger partial charge in [-0.1, -0.05) is 18.2 Å². The molecule has 0 aliphatic carbocycles. The molecule has 1 aromatic carbocycles. The minimum atomic E-state index is -0.863. The number of aromatic nitrogens is 3. The van der Waals surface area contributed by atoms with Gasteiger partial charge in [0.2, 0.25) is 0 Å². The number of carbonyl (C=O) groups is 1. The monoisotopic (exact) mass is 329 g/mol. The number of rotatable bonds is 4. The van der Waals surface area contributed by atoms with E-state index in [4.69, 9.17) is 0 Å². The molecular formula is C17H23N5O2. The Morgan fingerprint density at radius 3 is 2.92 bits per heavy atom. The van der Waals surface area contributed by atoms with Crippen molar-refractivity contribution in [3.63, 3.8) is 0 Å². The van der Waals surface area contributed by atoms with Gasteiger partial charge in [-0.05, 0) is 33.0 Å². The third-order valence-electron chi connectivity index (χ3n) is 4.28. The van der Waals surface area contributed by atoms with Gasteiger partial charge in [0, 0.05) is 18.7 Å². The molecule has 7 heteroatoms. The average molecular weight is 329 g/mol. The fraction of sp³-hybridized carbons (Fsp3) is 0.471. The van der Waals surface area contributed by atoms with Crippen LogP contribution in [0.2, 0.25) is 0 Å². The predicted molar refractivity (Wildman–Crippen MR) is 90.5 cm³/mol. The van der Waals surface area contributed by atoms with Crippen LogP contribution in [-0.2, 0) is 0 Å². The molecule has 1 aliphatic heterocycles. The number of benzene rings is 1. The quantitative estimate of drug-likeness (QED) is 0.874. The lowest BCUT2D eigenvalue weighted by molar-refractivity contribution is -0.0391. The molecule has 1 amide bonds. The standard InChI is InChI=1S/C17H23N5O2/c1-21(2)10-17(24)8-5-9-22(11-17)16(23)14-7-4-3-6-13(14)15-18-12-19-20-15/h3-4,6-7,12,24H,5,8-11H2,1-2H3,(H,18,19,20)/t17-/m0/s1. The van der Waals surface area contributed by atoms with Gasteiger partial charge in [0.15, 0.2) is 5.82 Å². The van der Waals surface area contributed by atoms with Crippen molar-refractivity contribution in [1.29, 1.82) is 0 Å². The molecule has 128 valence electrons. The number of nitrogens with one attached hydrogen (secondary N) is 1. The van der Waals surface area contributed by atoms with Gasteiger partial charge in [0.05, 0.1) is 17.7 Å². The molecule has 3 rings (SSSR count). The Labute approximate surface area is 141 Å². The van der Waals surface area contributed by atoms with Crippen LogP contribution in [0.5, 0.6) is 0 Å². The van der Waals surface area contributed by atoms with E-state index in [1.54, 1.807) is 11.0 Å². The first kappa shape index (κ1) is 16.6.